The van der Waals surface area contributed by atoms with Crippen LogP contribution in [-0.2, 0) is 9.53 Å². The summed E-state index contributed by atoms with van der Waals surface area (Å²) in [7, 11) is 1.33. The molecule has 0 aromatic heterocycles. The maximum atomic E-state index is 13.0. The standard InChI is InChI=1S/C14H17FN2O3/c1-8-6-17(7-11(8)14(19)20-2)13(18)10-4-3-9(15)5-12(10)16/h3-5,8,11H,6-7,16H2,1-2H3. The minimum Gasteiger partial charge on any atom is -0.469 e. The van der Waals surface area contributed by atoms with Crippen molar-refractivity contribution in [3.63, 3.8) is 0 Å². The molecule has 2 rings (SSSR count). The van der Waals surface area contributed by atoms with Crippen LogP contribution in [0.3, 0.4) is 0 Å². The first-order valence-electron chi connectivity index (χ1n) is 6.36. The van der Waals surface area contributed by atoms with Gasteiger partial charge in [-0.05, 0) is 24.1 Å². The average molecular weight is 280 g/mol. The molecule has 0 saturated carbocycles. The van der Waals surface area contributed by atoms with Gasteiger partial charge in [0.25, 0.3) is 5.91 Å². The SMILES string of the molecule is COC(=O)C1CN(C(=O)c2ccc(F)cc2N)CC1C. The van der Waals surface area contributed by atoms with Crippen LogP contribution in [0.5, 0.6) is 0 Å². The molecule has 2 unspecified atom stereocenters. The zero-order valence-corrected chi connectivity index (χ0v) is 11.4. The molecule has 20 heavy (non-hydrogen) atoms. The number of hydrogen-bond acceptors (Lipinski definition) is 4. The summed E-state index contributed by atoms with van der Waals surface area (Å²) in [5.74, 6) is -1.40. The van der Waals surface area contributed by atoms with Crippen LogP contribution >= 0.6 is 0 Å². The molecule has 1 amide bonds. The lowest BCUT2D eigenvalue weighted by Crippen LogP contribution is -2.30. The van der Waals surface area contributed by atoms with Crippen LogP contribution in [-0.4, -0.2) is 37.0 Å². The van der Waals surface area contributed by atoms with Crippen molar-refractivity contribution in [3.05, 3.63) is 29.6 Å². The van der Waals surface area contributed by atoms with Crippen molar-refractivity contribution in [2.45, 2.75) is 6.92 Å². The summed E-state index contributed by atoms with van der Waals surface area (Å²) >= 11 is 0. The fourth-order valence-corrected chi connectivity index (χ4v) is 2.49. The van der Waals surface area contributed by atoms with Gasteiger partial charge < -0.3 is 15.4 Å². The van der Waals surface area contributed by atoms with Crippen molar-refractivity contribution in [2.24, 2.45) is 11.8 Å². The van der Waals surface area contributed by atoms with E-state index >= 15 is 0 Å². The van der Waals surface area contributed by atoms with Gasteiger partial charge in [0.05, 0.1) is 18.6 Å². The third kappa shape index (κ3) is 2.59. The van der Waals surface area contributed by atoms with Gasteiger partial charge in [-0.15, -0.1) is 0 Å². The Kier molecular flexibility index (Phi) is 3.92. The highest BCUT2D eigenvalue weighted by molar-refractivity contribution is 5.99. The van der Waals surface area contributed by atoms with E-state index in [1.807, 2.05) is 6.92 Å². The number of methoxy groups -OCH3 is 1. The maximum Gasteiger partial charge on any atom is 0.310 e. The highest BCUT2D eigenvalue weighted by Crippen LogP contribution is 2.26. The number of esters is 1. The molecule has 1 aliphatic heterocycles. The molecular formula is C14H17FN2O3. The van der Waals surface area contributed by atoms with Crippen LogP contribution in [0.2, 0.25) is 0 Å². The zero-order chi connectivity index (χ0) is 14.9. The van der Waals surface area contributed by atoms with E-state index in [-0.39, 0.29) is 35.0 Å². The number of rotatable bonds is 2. The Morgan fingerprint density at radius 2 is 2.10 bits per heavy atom. The number of carbonyl (C=O) groups excluding carboxylic acids is 2. The number of carbonyl (C=O) groups is 2. The number of ether oxygens (including phenoxy) is 1. The van der Waals surface area contributed by atoms with Crippen molar-refractivity contribution in [2.75, 3.05) is 25.9 Å². The maximum absolute atomic E-state index is 13.0. The molecule has 1 aliphatic rings. The van der Waals surface area contributed by atoms with Crippen molar-refractivity contribution in [1.29, 1.82) is 0 Å². The Morgan fingerprint density at radius 3 is 2.70 bits per heavy atom. The molecule has 0 radical (unpaired) electrons. The summed E-state index contributed by atoms with van der Waals surface area (Å²) in [6.45, 7) is 2.64. The molecule has 1 aromatic carbocycles. The van der Waals surface area contributed by atoms with Crippen LogP contribution in [0.4, 0.5) is 10.1 Å². The van der Waals surface area contributed by atoms with E-state index in [2.05, 4.69) is 0 Å². The molecule has 0 bridgehead atoms. The molecule has 6 heteroatoms. The Bertz CT molecular complexity index is 547. The number of nitrogens with two attached hydrogens (primary N) is 1. The minimum absolute atomic E-state index is 0.0214. The topological polar surface area (TPSA) is 72.6 Å². The summed E-state index contributed by atoms with van der Waals surface area (Å²) in [6.07, 6.45) is 0. The number of hydrogen-bond donors (Lipinski definition) is 1. The molecule has 0 spiro atoms. The van der Waals surface area contributed by atoms with Gasteiger partial charge in [-0.25, -0.2) is 4.39 Å². The molecule has 5 nitrogen and oxygen atoms in total. The highest BCUT2D eigenvalue weighted by atomic mass is 19.1. The highest BCUT2D eigenvalue weighted by Gasteiger charge is 2.38. The molecule has 1 heterocycles. The predicted molar refractivity (Wildman–Crippen MR) is 71.4 cm³/mol. The van der Waals surface area contributed by atoms with E-state index in [0.717, 1.165) is 6.07 Å². The van der Waals surface area contributed by atoms with E-state index in [1.54, 1.807) is 4.90 Å². The predicted octanol–water partition coefficient (Wildman–Crippen LogP) is 1.29. The second kappa shape index (κ2) is 5.48. The van der Waals surface area contributed by atoms with E-state index in [1.165, 1.54) is 19.2 Å². The smallest absolute Gasteiger partial charge is 0.310 e. The lowest BCUT2D eigenvalue weighted by atomic mass is 9.99. The van der Waals surface area contributed by atoms with Crippen LogP contribution < -0.4 is 5.73 Å². The summed E-state index contributed by atoms with van der Waals surface area (Å²) in [6, 6.07) is 3.68. The van der Waals surface area contributed by atoms with Gasteiger partial charge in [-0.1, -0.05) is 6.92 Å². The molecular weight excluding hydrogens is 263 g/mol. The molecule has 1 saturated heterocycles. The lowest BCUT2D eigenvalue weighted by Gasteiger charge is -2.17. The van der Waals surface area contributed by atoms with E-state index < -0.39 is 5.82 Å². The number of anilines is 1. The molecule has 2 atom stereocenters. The third-order valence-electron chi connectivity index (χ3n) is 3.65. The Labute approximate surface area is 116 Å². The van der Waals surface area contributed by atoms with Gasteiger partial charge in [-0.2, -0.15) is 0 Å². The summed E-state index contributed by atoms with van der Waals surface area (Å²) < 4.78 is 17.7. The van der Waals surface area contributed by atoms with Gasteiger partial charge in [-0.3, -0.25) is 9.59 Å². The van der Waals surface area contributed by atoms with Crippen molar-refractivity contribution < 1.29 is 18.7 Å². The molecule has 108 valence electrons. The van der Waals surface area contributed by atoms with Gasteiger partial charge >= 0.3 is 5.97 Å². The molecule has 0 aliphatic carbocycles. The zero-order valence-electron chi connectivity index (χ0n) is 11.4. The van der Waals surface area contributed by atoms with Crippen molar-refractivity contribution in [1.82, 2.24) is 4.90 Å². The summed E-state index contributed by atoms with van der Waals surface area (Å²) in [4.78, 5) is 25.5. The van der Waals surface area contributed by atoms with E-state index in [0.29, 0.717) is 13.1 Å². The van der Waals surface area contributed by atoms with Gasteiger partial charge in [0.15, 0.2) is 0 Å². The lowest BCUT2D eigenvalue weighted by molar-refractivity contribution is -0.146. The summed E-state index contributed by atoms with van der Waals surface area (Å²) in [5.41, 5.74) is 6.02. The van der Waals surface area contributed by atoms with Crippen LogP contribution in [0, 0.1) is 17.7 Å². The van der Waals surface area contributed by atoms with Crippen molar-refractivity contribution in [3.8, 4) is 0 Å². The third-order valence-corrected chi connectivity index (χ3v) is 3.65. The van der Waals surface area contributed by atoms with E-state index in [9.17, 15) is 14.0 Å². The first-order valence-corrected chi connectivity index (χ1v) is 6.36. The largest absolute Gasteiger partial charge is 0.469 e. The molecule has 1 aromatic rings. The van der Waals surface area contributed by atoms with Gasteiger partial charge in [0.2, 0.25) is 0 Å². The number of nitrogens with zero attached hydrogens (tertiary/aromatic N) is 1. The van der Waals surface area contributed by atoms with Crippen LogP contribution in [0.1, 0.15) is 17.3 Å². The fraction of sp³-hybridized carbons (Fsp3) is 0.429. The Morgan fingerprint density at radius 1 is 1.40 bits per heavy atom. The normalized spacial score (nSPS) is 21.9. The van der Waals surface area contributed by atoms with Gasteiger partial charge in [0, 0.05) is 18.8 Å². The van der Waals surface area contributed by atoms with Gasteiger partial charge in [0.1, 0.15) is 5.82 Å². The average Bonchev–Trinajstić information content (AvgIpc) is 2.79. The Hall–Kier alpha value is -2.11. The van der Waals surface area contributed by atoms with Crippen LogP contribution in [0.25, 0.3) is 0 Å². The number of likely N-dealkylation sites (tertiary alicyclic amines) is 1. The summed E-state index contributed by atoms with van der Waals surface area (Å²) in [5, 5.41) is 0. The number of nitrogen functional groups attached to an aromatic ring is 1. The van der Waals surface area contributed by atoms with Crippen LogP contribution in [0.15, 0.2) is 18.2 Å². The quantitative estimate of drug-likeness (QED) is 0.654. The number of benzene rings is 1. The van der Waals surface area contributed by atoms with E-state index in [4.69, 9.17) is 10.5 Å². The molecule has 1 fully saturated rings. The number of halogens is 1. The fourth-order valence-electron chi connectivity index (χ4n) is 2.49. The van der Waals surface area contributed by atoms with Crippen molar-refractivity contribution >= 4 is 17.6 Å². The second-order valence-electron chi connectivity index (χ2n) is 5.05. The minimum atomic E-state index is -0.485. The molecule has 2 N–H and O–H groups in total. The first kappa shape index (κ1) is 14.3. The second-order valence-corrected chi connectivity index (χ2v) is 5.05. The Balaban J connectivity index is 2.17. The monoisotopic (exact) mass is 280 g/mol. The number of amides is 1. The first-order chi connectivity index (χ1) is 9.43.